The van der Waals surface area contributed by atoms with Crippen LogP contribution in [-0.4, -0.2) is 47.9 Å². The normalized spacial score (nSPS) is 23.4. The molecular weight excluding hydrogens is 255 g/mol. The number of hydrogen-bond donors (Lipinski definition) is 0. The molecule has 0 aromatic heterocycles. The van der Waals surface area contributed by atoms with Gasteiger partial charge in [0, 0.05) is 24.7 Å². The van der Waals surface area contributed by atoms with E-state index in [1.54, 1.807) is 12.1 Å². The zero-order valence-electron chi connectivity index (χ0n) is 11.7. The van der Waals surface area contributed by atoms with Crippen molar-refractivity contribution in [3.8, 4) is 0 Å². The summed E-state index contributed by atoms with van der Waals surface area (Å²) in [4.78, 5) is 16.9. The number of benzene rings is 1. The van der Waals surface area contributed by atoms with Crippen LogP contribution in [0.25, 0.3) is 0 Å². The molecule has 1 amide bonds. The molecule has 2 saturated heterocycles. The van der Waals surface area contributed by atoms with Crippen LogP contribution in [0.4, 0.5) is 4.39 Å². The van der Waals surface area contributed by atoms with Crippen molar-refractivity contribution < 1.29 is 9.18 Å². The summed E-state index contributed by atoms with van der Waals surface area (Å²) in [7, 11) is 0. The van der Waals surface area contributed by atoms with Gasteiger partial charge in [-0.3, -0.25) is 4.79 Å². The molecule has 20 heavy (non-hydrogen) atoms. The predicted octanol–water partition coefficient (Wildman–Crippen LogP) is 2.53. The zero-order valence-corrected chi connectivity index (χ0v) is 11.7. The van der Waals surface area contributed by atoms with Crippen LogP contribution < -0.4 is 0 Å². The standard InChI is InChI=1S/C16H21FN2O/c17-14-6-3-5-13(11-14)16(20)19-10-4-7-15(19)12-18-8-1-2-9-18/h3,5-6,11,15H,1-2,4,7-10,12H2/t15-/m0/s1. The highest BCUT2D eigenvalue weighted by atomic mass is 19.1. The third-order valence-corrected chi connectivity index (χ3v) is 4.38. The topological polar surface area (TPSA) is 23.6 Å². The molecule has 2 fully saturated rings. The van der Waals surface area contributed by atoms with Crippen molar-refractivity contribution in [3.63, 3.8) is 0 Å². The van der Waals surface area contributed by atoms with E-state index in [1.165, 1.54) is 25.0 Å². The van der Waals surface area contributed by atoms with Crippen LogP contribution in [0.2, 0.25) is 0 Å². The highest BCUT2D eigenvalue weighted by Crippen LogP contribution is 2.22. The Labute approximate surface area is 119 Å². The van der Waals surface area contributed by atoms with E-state index in [0.717, 1.165) is 39.0 Å². The molecule has 0 saturated carbocycles. The van der Waals surface area contributed by atoms with E-state index in [9.17, 15) is 9.18 Å². The molecule has 3 rings (SSSR count). The van der Waals surface area contributed by atoms with Gasteiger partial charge in [-0.25, -0.2) is 4.39 Å². The third-order valence-electron chi connectivity index (χ3n) is 4.38. The van der Waals surface area contributed by atoms with Crippen LogP contribution in [0.5, 0.6) is 0 Å². The van der Waals surface area contributed by atoms with Crippen molar-refractivity contribution in [3.05, 3.63) is 35.6 Å². The Bertz CT molecular complexity index is 485. The van der Waals surface area contributed by atoms with Crippen molar-refractivity contribution in [2.75, 3.05) is 26.2 Å². The molecule has 2 aliphatic heterocycles. The molecule has 0 unspecified atom stereocenters. The van der Waals surface area contributed by atoms with Crippen LogP contribution in [0.15, 0.2) is 24.3 Å². The van der Waals surface area contributed by atoms with Gasteiger partial charge in [0.2, 0.25) is 0 Å². The van der Waals surface area contributed by atoms with E-state index < -0.39 is 0 Å². The molecule has 1 atom stereocenters. The van der Waals surface area contributed by atoms with Gasteiger partial charge in [-0.2, -0.15) is 0 Å². The molecular formula is C16H21FN2O. The summed E-state index contributed by atoms with van der Waals surface area (Å²) in [6.45, 7) is 4.08. The maximum absolute atomic E-state index is 13.3. The maximum Gasteiger partial charge on any atom is 0.254 e. The van der Waals surface area contributed by atoms with Crippen molar-refractivity contribution in [2.24, 2.45) is 0 Å². The fraction of sp³-hybridized carbons (Fsp3) is 0.562. The average Bonchev–Trinajstić information content (AvgIpc) is 3.10. The van der Waals surface area contributed by atoms with Gasteiger partial charge >= 0.3 is 0 Å². The number of halogens is 1. The predicted molar refractivity (Wildman–Crippen MR) is 76.1 cm³/mol. The number of carbonyl (C=O) groups is 1. The smallest absolute Gasteiger partial charge is 0.254 e. The first-order chi connectivity index (χ1) is 9.74. The highest BCUT2D eigenvalue weighted by Gasteiger charge is 2.31. The summed E-state index contributed by atoms with van der Waals surface area (Å²) < 4.78 is 13.3. The molecule has 1 aromatic carbocycles. The van der Waals surface area contributed by atoms with Crippen LogP contribution in [0, 0.1) is 5.82 Å². The number of carbonyl (C=O) groups excluding carboxylic acids is 1. The van der Waals surface area contributed by atoms with Gasteiger partial charge in [-0.15, -0.1) is 0 Å². The second-order valence-electron chi connectivity index (χ2n) is 5.81. The molecule has 2 aliphatic rings. The Morgan fingerprint density at radius 1 is 1.20 bits per heavy atom. The Hall–Kier alpha value is -1.42. The monoisotopic (exact) mass is 276 g/mol. The summed E-state index contributed by atoms with van der Waals surface area (Å²) in [5.74, 6) is -0.364. The molecule has 0 aliphatic carbocycles. The Balaban J connectivity index is 1.69. The Morgan fingerprint density at radius 3 is 2.75 bits per heavy atom. The van der Waals surface area contributed by atoms with E-state index in [4.69, 9.17) is 0 Å². The van der Waals surface area contributed by atoms with Crippen molar-refractivity contribution in [1.29, 1.82) is 0 Å². The van der Waals surface area contributed by atoms with Gasteiger partial charge in [0.15, 0.2) is 0 Å². The quantitative estimate of drug-likeness (QED) is 0.847. The number of rotatable bonds is 3. The first-order valence-corrected chi connectivity index (χ1v) is 7.53. The molecule has 0 radical (unpaired) electrons. The van der Waals surface area contributed by atoms with E-state index >= 15 is 0 Å². The van der Waals surface area contributed by atoms with E-state index in [-0.39, 0.29) is 11.7 Å². The summed E-state index contributed by atoms with van der Waals surface area (Å²) in [5, 5.41) is 0. The average molecular weight is 276 g/mol. The molecule has 0 N–H and O–H groups in total. The maximum atomic E-state index is 13.3. The van der Waals surface area contributed by atoms with Crippen LogP contribution >= 0.6 is 0 Å². The molecule has 1 aromatic rings. The van der Waals surface area contributed by atoms with Gasteiger partial charge in [0.05, 0.1) is 0 Å². The lowest BCUT2D eigenvalue weighted by Gasteiger charge is -2.28. The van der Waals surface area contributed by atoms with Gasteiger partial charge in [0.1, 0.15) is 5.82 Å². The zero-order chi connectivity index (χ0) is 13.9. The molecule has 108 valence electrons. The fourth-order valence-corrected chi connectivity index (χ4v) is 3.34. The summed E-state index contributed by atoms with van der Waals surface area (Å²) >= 11 is 0. The van der Waals surface area contributed by atoms with Gasteiger partial charge < -0.3 is 9.80 Å². The number of nitrogens with zero attached hydrogens (tertiary/aromatic N) is 2. The molecule has 3 nitrogen and oxygen atoms in total. The Kier molecular flexibility index (Phi) is 4.01. The summed E-state index contributed by atoms with van der Waals surface area (Å²) in [5.41, 5.74) is 0.471. The number of amides is 1. The Morgan fingerprint density at radius 2 is 2.00 bits per heavy atom. The summed E-state index contributed by atoms with van der Waals surface area (Å²) in [6.07, 6.45) is 4.66. The summed E-state index contributed by atoms with van der Waals surface area (Å²) in [6, 6.07) is 6.32. The lowest BCUT2D eigenvalue weighted by atomic mass is 10.1. The van der Waals surface area contributed by atoms with E-state index in [1.807, 2.05) is 4.90 Å². The molecule has 0 bridgehead atoms. The molecule has 2 heterocycles. The SMILES string of the molecule is O=C(c1cccc(F)c1)N1CCC[C@H]1CN1CCCC1. The first kappa shape index (κ1) is 13.6. The molecule has 0 spiro atoms. The number of likely N-dealkylation sites (tertiary alicyclic amines) is 2. The minimum atomic E-state index is -0.342. The fourth-order valence-electron chi connectivity index (χ4n) is 3.34. The van der Waals surface area contributed by atoms with Crippen LogP contribution in [-0.2, 0) is 0 Å². The minimum absolute atomic E-state index is 0.0220. The first-order valence-electron chi connectivity index (χ1n) is 7.53. The highest BCUT2D eigenvalue weighted by molar-refractivity contribution is 5.94. The van der Waals surface area contributed by atoms with E-state index in [2.05, 4.69) is 4.90 Å². The largest absolute Gasteiger partial charge is 0.334 e. The lowest BCUT2D eigenvalue weighted by molar-refractivity contribution is 0.0708. The third kappa shape index (κ3) is 2.85. The van der Waals surface area contributed by atoms with Gasteiger partial charge in [0.25, 0.3) is 5.91 Å². The second kappa shape index (κ2) is 5.92. The van der Waals surface area contributed by atoms with Gasteiger partial charge in [-0.1, -0.05) is 6.07 Å². The lowest BCUT2D eigenvalue weighted by Crippen LogP contribution is -2.42. The van der Waals surface area contributed by atoms with Crippen LogP contribution in [0.1, 0.15) is 36.0 Å². The minimum Gasteiger partial charge on any atom is -0.334 e. The van der Waals surface area contributed by atoms with Crippen molar-refractivity contribution in [2.45, 2.75) is 31.7 Å². The number of hydrogen-bond acceptors (Lipinski definition) is 2. The van der Waals surface area contributed by atoms with Gasteiger partial charge in [-0.05, 0) is 57.0 Å². The van der Waals surface area contributed by atoms with Crippen LogP contribution in [0.3, 0.4) is 0 Å². The van der Waals surface area contributed by atoms with Crippen molar-refractivity contribution >= 4 is 5.91 Å². The van der Waals surface area contributed by atoms with E-state index in [0.29, 0.717) is 11.6 Å². The van der Waals surface area contributed by atoms with Crippen molar-refractivity contribution in [1.82, 2.24) is 9.80 Å². The second-order valence-corrected chi connectivity index (χ2v) is 5.81. The molecule has 4 heteroatoms.